The summed E-state index contributed by atoms with van der Waals surface area (Å²) >= 11 is 12.3. The zero-order chi connectivity index (χ0) is 24.6. The smallest absolute Gasteiger partial charge is 0.161 e. The third-order valence-electron chi connectivity index (χ3n) is 5.63. The van der Waals surface area contributed by atoms with Gasteiger partial charge in [-0.1, -0.05) is 47.5 Å². The summed E-state index contributed by atoms with van der Waals surface area (Å²) in [5.74, 6) is 2.92. The van der Waals surface area contributed by atoms with E-state index in [1.807, 2.05) is 42.5 Å². The van der Waals surface area contributed by atoms with E-state index in [0.29, 0.717) is 29.0 Å². The number of halogens is 2. The molecular formula is C28H28Cl2N2O3. The number of aryl methyl sites for hydroxylation is 1. The maximum Gasteiger partial charge on any atom is 0.161 e. The molecular weight excluding hydrogens is 483 g/mol. The Morgan fingerprint density at radius 2 is 1.77 bits per heavy atom. The number of aromatic nitrogens is 2. The van der Waals surface area contributed by atoms with E-state index in [-0.39, 0.29) is 0 Å². The molecule has 0 aliphatic carbocycles. The predicted octanol–water partition coefficient (Wildman–Crippen LogP) is 7.52. The lowest BCUT2D eigenvalue weighted by Gasteiger charge is -2.13. The highest BCUT2D eigenvalue weighted by Crippen LogP contribution is 2.30. The highest BCUT2D eigenvalue weighted by molar-refractivity contribution is 6.35. The summed E-state index contributed by atoms with van der Waals surface area (Å²) in [6.07, 6.45) is 4.48. The molecule has 4 rings (SSSR count). The van der Waals surface area contributed by atoms with Crippen LogP contribution in [-0.2, 0) is 19.6 Å². The SMILES string of the molecule is C=CCc1ccc(OCCCCn2c(COc3ccc(Cl)cc3Cl)nc3ccccc32)c(OC)c1. The van der Waals surface area contributed by atoms with Gasteiger partial charge in [0.05, 0.1) is 29.8 Å². The average molecular weight is 511 g/mol. The largest absolute Gasteiger partial charge is 0.493 e. The molecule has 182 valence electrons. The maximum absolute atomic E-state index is 6.27. The van der Waals surface area contributed by atoms with E-state index in [0.717, 1.165) is 59.7 Å². The fourth-order valence-corrected chi connectivity index (χ4v) is 4.36. The van der Waals surface area contributed by atoms with Gasteiger partial charge in [0.25, 0.3) is 0 Å². The molecule has 0 atom stereocenters. The highest BCUT2D eigenvalue weighted by Gasteiger charge is 2.12. The van der Waals surface area contributed by atoms with Crippen molar-refractivity contribution in [2.75, 3.05) is 13.7 Å². The van der Waals surface area contributed by atoms with Gasteiger partial charge >= 0.3 is 0 Å². The minimum absolute atomic E-state index is 0.306. The molecule has 5 nitrogen and oxygen atoms in total. The second kappa shape index (κ2) is 12.0. The molecule has 0 fully saturated rings. The van der Waals surface area contributed by atoms with Crippen molar-refractivity contribution in [2.45, 2.75) is 32.4 Å². The molecule has 0 amide bonds. The summed E-state index contributed by atoms with van der Waals surface area (Å²) in [5, 5.41) is 1.05. The molecule has 1 aromatic heterocycles. The highest BCUT2D eigenvalue weighted by atomic mass is 35.5. The molecule has 0 aliphatic rings. The van der Waals surface area contributed by atoms with E-state index in [1.54, 1.807) is 25.3 Å². The summed E-state index contributed by atoms with van der Waals surface area (Å²) in [6, 6.07) is 19.3. The quantitative estimate of drug-likeness (QED) is 0.146. The van der Waals surface area contributed by atoms with Crippen LogP contribution >= 0.6 is 23.2 Å². The van der Waals surface area contributed by atoms with Gasteiger partial charge in [-0.3, -0.25) is 0 Å². The molecule has 0 saturated carbocycles. The van der Waals surface area contributed by atoms with E-state index in [2.05, 4.69) is 17.2 Å². The van der Waals surface area contributed by atoms with Crippen LogP contribution in [0.1, 0.15) is 24.2 Å². The lowest BCUT2D eigenvalue weighted by atomic mass is 10.1. The van der Waals surface area contributed by atoms with Gasteiger partial charge in [0.15, 0.2) is 11.5 Å². The van der Waals surface area contributed by atoms with Crippen LogP contribution < -0.4 is 14.2 Å². The van der Waals surface area contributed by atoms with Crippen molar-refractivity contribution in [3.05, 3.63) is 94.8 Å². The van der Waals surface area contributed by atoms with E-state index in [9.17, 15) is 0 Å². The van der Waals surface area contributed by atoms with E-state index < -0.39 is 0 Å². The summed E-state index contributed by atoms with van der Waals surface area (Å²) in [4.78, 5) is 4.78. The van der Waals surface area contributed by atoms with Crippen LogP contribution in [-0.4, -0.2) is 23.3 Å². The first-order valence-corrected chi connectivity index (χ1v) is 12.3. The molecule has 7 heteroatoms. The number of allylic oxidation sites excluding steroid dienone is 1. The molecule has 0 saturated heterocycles. The second-order valence-electron chi connectivity index (χ2n) is 8.07. The average Bonchev–Trinajstić information content (AvgIpc) is 3.21. The molecule has 0 spiro atoms. The lowest BCUT2D eigenvalue weighted by Crippen LogP contribution is -2.09. The minimum Gasteiger partial charge on any atom is -0.493 e. The molecule has 0 bridgehead atoms. The number of hydrogen-bond acceptors (Lipinski definition) is 4. The Bertz CT molecular complexity index is 1300. The first-order valence-electron chi connectivity index (χ1n) is 11.5. The third kappa shape index (κ3) is 6.30. The summed E-state index contributed by atoms with van der Waals surface area (Å²) in [6.45, 7) is 5.48. The van der Waals surface area contributed by atoms with Crippen LogP contribution in [0.4, 0.5) is 0 Å². The normalized spacial score (nSPS) is 10.9. The van der Waals surface area contributed by atoms with Crippen LogP contribution in [0, 0.1) is 0 Å². The lowest BCUT2D eigenvalue weighted by molar-refractivity contribution is 0.278. The van der Waals surface area contributed by atoms with Gasteiger partial charge < -0.3 is 18.8 Å². The fraction of sp³-hybridized carbons (Fsp3) is 0.250. The van der Waals surface area contributed by atoms with Gasteiger partial charge in [0.1, 0.15) is 18.2 Å². The fourth-order valence-electron chi connectivity index (χ4n) is 3.90. The van der Waals surface area contributed by atoms with Gasteiger partial charge in [0, 0.05) is 11.6 Å². The van der Waals surface area contributed by atoms with E-state index in [4.69, 9.17) is 42.4 Å². The van der Waals surface area contributed by atoms with Crippen LogP contribution in [0.2, 0.25) is 10.0 Å². The summed E-state index contributed by atoms with van der Waals surface area (Å²) < 4.78 is 19.7. The Labute approximate surface area is 215 Å². The Morgan fingerprint density at radius 3 is 2.57 bits per heavy atom. The van der Waals surface area contributed by atoms with Crippen molar-refractivity contribution in [3.8, 4) is 17.2 Å². The summed E-state index contributed by atoms with van der Waals surface area (Å²) in [7, 11) is 1.66. The second-order valence-corrected chi connectivity index (χ2v) is 8.91. The van der Waals surface area contributed by atoms with Gasteiger partial charge in [-0.05, 0) is 67.3 Å². The van der Waals surface area contributed by atoms with Crippen molar-refractivity contribution in [1.82, 2.24) is 9.55 Å². The van der Waals surface area contributed by atoms with E-state index in [1.165, 1.54) is 0 Å². The number of fused-ring (bicyclic) bond motifs is 1. The molecule has 4 aromatic rings. The first-order chi connectivity index (χ1) is 17.1. The predicted molar refractivity (Wildman–Crippen MR) is 142 cm³/mol. The van der Waals surface area contributed by atoms with Crippen molar-refractivity contribution < 1.29 is 14.2 Å². The van der Waals surface area contributed by atoms with Crippen molar-refractivity contribution >= 4 is 34.2 Å². The number of imidazole rings is 1. The summed E-state index contributed by atoms with van der Waals surface area (Å²) in [5.41, 5.74) is 3.16. The number of rotatable bonds is 12. The Balaban J connectivity index is 1.38. The molecule has 3 aromatic carbocycles. The topological polar surface area (TPSA) is 45.5 Å². The van der Waals surface area contributed by atoms with Crippen LogP contribution in [0.15, 0.2) is 73.3 Å². The zero-order valence-electron chi connectivity index (χ0n) is 19.7. The molecule has 1 heterocycles. The number of hydrogen-bond donors (Lipinski definition) is 0. The zero-order valence-corrected chi connectivity index (χ0v) is 21.2. The Morgan fingerprint density at radius 1 is 0.943 bits per heavy atom. The van der Waals surface area contributed by atoms with Crippen LogP contribution in [0.3, 0.4) is 0 Å². The third-order valence-corrected chi connectivity index (χ3v) is 6.16. The number of ether oxygens (including phenoxy) is 3. The molecule has 0 unspecified atom stereocenters. The maximum atomic E-state index is 6.27. The number of unbranched alkanes of at least 4 members (excludes halogenated alkanes) is 1. The standard InChI is InChI=1S/C28H28Cl2N2O3/c1-3-8-20-11-13-26(27(17-20)33-2)34-16-7-6-15-32-24-10-5-4-9-23(24)31-28(32)19-35-25-14-12-21(29)18-22(25)30/h3-5,9-14,17-18H,1,6-8,15-16,19H2,2H3. The van der Waals surface area contributed by atoms with Gasteiger partial charge in [-0.15, -0.1) is 6.58 Å². The molecule has 0 radical (unpaired) electrons. The van der Waals surface area contributed by atoms with Gasteiger partial charge in [0.2, 0.25) is 0 Å². The number of methoxy groups -OCH3 is 1. The number of benzene rings is 3. The van der Waals surface area contributed by atoms with Crippen molar-refractivity contribution in [3.63, 3.8) is 0 Å². The van der Waals surface area contributed by atoms with Gasteiger partial charge in [-0.2, -0.15) is 0 Å². The molecule has 0 aliphatic heterocycles. The van der Waals surface area contributed by atoms with Crippen LogP contribution in [0.25, 0.3) is 11.0 Å². The van der Waals surface area contributed by atoms with Crippen LogP contribution in [0.5, 0.6) is 17.2 Å². The number of nitrogens with zero attached hydrogens (tertiary/aromatic N) is 2. The molecule has 35 heavy (non-hydrogen) atoms. The monoisotopic (exact) mass is 510 g/mol. The van der Waals surface area contributed by atoms with Gasteiger partial charge in [-0.25, -0.2) is 4.98 Å². The minimum atomic E-state index is 0.306. The number of para-hydroxylation sites is 2. The Kier molecular flexibility index (Phi) is 8.56. The first kappa shape index (κ1) is 25.0. The van der Waals surface area contributed by atoms with E-state index >= 15 is 0 Å². The van der Waals surface area contributed by atoms with Crippen molar-refractivity contribution in [2.24, 2.45) is 0 Å². The van der Waals surface area contributed by atoms with Crippen molar-refractivity contribution in [1.29, 1.82) is 0 Å². The Hall–Kier alpha value is -3.15. The molecule has 0 N–H and O–H groups in total.